The molecular formula is C19H15N3O2S. The maximum Gasteiger partial charge on any atom is 0.268 e. The Kier molecular flexibility index (Phi) is 5.09. The highest BCUT2D eigenvalue weighted by Gasteiger charge is 2.07. The zero-order chi connectivity index (χ0) is 17.6. The molecule has 0 fully saturated rings. The van der Waals surface area contributed by atoms with E-state index in [0.29, 0.717) is 11.3 Å². The molecule has 5 nitrogen and oxygen atoms in total. The Hall–Kier alpha value is -3.14. The Morgan fingerprint density at radius 1 is 1.16 bits per heavy atom. The number of thiocarbonyl (C=S) groups is 1. The standard InChI is InChI=1S/C19H15N3O2S/c23-18(17-12-15-5-1-2-6-16(15)21-17)20-11-3-4-13-7-9-14(10-8-13)19(25)22-24/h1-2,5-10,12,21,24H,11H2,(H,20,23)(H,22,25). The summed E-state index contributed by atoms with van der Waals surface area (Å²) in [7, 11) is 0. The highest BCUT2D eigenvalue weighted by atomic mass is 32.1. The molecule has 0 aliphatic rings. The van der Waals surface area contributed by atoms with Gasteiger partial charge in [-0.1, -0.05) is 54.4 Å². The van der Waals surface area contributed by atoms with Gasteiger partial charge in [0, 0.05) is 22.0 Å². The lowest BCUT2D eigenvalue weighted by atomic mass is 10.1. The highest BCUT2D eigenvalue weighted by molar-refractivity contribution is 7.80. The van der Waals surface area contributed by atoms with Gasteiger partial charge in [0.25, 0.3) is 5.91 Å². The largest absolute Gasteiger partial charge is 0.351 e. The van der Waals surface area contributed by atoms with Crippen molar-refractivity contribution in [2.24, 2.45) is 0 Å². The summed E-state index contributed by atoms with van der Waals surface area (Å²) in [6.45, 7) is 0.243. The van der Waals surface area contributed by atoms with Crippen LogP contribution in [0.15, 0.2) is 54.6 Å². The molecule has 4 N–H and O–H groups in total. The molecule has 0 saturated carbocycles. The fraction of sp³-hybridized carbons (Fsp3) is 0.0526. The lowest BCUT2D eigenvalue weighted by Gasteiger charge is -2.01. The zero-order valence-electron chi connectivity index (χ0n) is 13.2. The minimum absolute atomic E-state index is 0.194. The summed E-state index contributed by atoms with van der Waals surface area (Å²) in [5.41, 5.74) is 4.87. The van der Waals surface area contributed by atoms with Gasteiger partial charge in [0.15, 0.2) is 0 Å². The third kappa shape index (κ3) is 4.04. The maximum atomic E-state index is 12.1. The molecule has 3 rings (SSSR count). The van der Waals surface area contributed by atoms with Crippen LogP contribution in [0.1, 0.15) is 21.6 Å². The van der Waals surface area contributed by atoms with E-state index in [0.717, 1.165) is 16.5 Å². The fourth-order valence-corrected chi connectivity index (χ4v) is 2.47. The summed E-state index contributed by atoms with van der Waals surface area (Å²) in [5, 5.41) is 12.5. The van der Waals surface area contributed by atoms with Crippen LogP contribution in [0.2, 0.25) is 0 Å². The second kappa shape index (κ2) is 7.62. The molecule has 124 valence electrons. The summed E-state index contributed by atoms with van der Waals surface area (Å²) in [6.07, 6.45) is 0. The third-order valence-corrected chi connectivity index (χ3v) is 3.92. The Morgan fingerprint density at radius 3 is 2.64 bits per heavy atom. The molecule has 25 heavy (non-hydrogen) atoms. The first-order valence-corrected chi connectivity index (χ1v) is 7.97. The average molecular weight is 349 g/mol. The van der Waals surface area contributed by atoms with Crippen molar-refractivity contribution >= 4 is 34.0 Å². The molecule has 0 bridgehead atoms. The van der Waals surface area contributed by atoms with Crippen molar-refractivity contribution < 1.29 is 10.0 Å². The molecule has 2 aromatic carbocycles. The lowest BCUT2D eigenvalue weighted by molar-refractivity contribution is 0.0954. The monoisotopic (exact) mass is 349 g/mol. The number of carbonyl (C=O) groups excluding carboxylic acids is 1. The summed E-state index contributed by atoms with van der Waals surface area (Å²) in [5.74, 6) is 5.67. The van der Waals surface area contributed by atoms with Gasteiger partial charge in [-0.25, -0.2) is 0 Å². The minimum atomic E-state index is -0.194. The van der Waals surface area contributed by atoms with Crippen molar-refractivity contribution in [1.82, 2.24) is 15.8 Å². The van der Waals surface area contributed by atoms with E-state index in [1.165, 1.54) is 0 Å². The molecule has 3 aromatic rings. The minimum Gasteiger partial charge on any atom is -0.351 e. The van der Waals surface area contributed by atoms with Gasteiger partial charge in [-0.2, -0.15) is 0 Å². The van der Waals surface area contributed by atoms with Gasteiger partial charge in [0.1, 0.15) is 10.7 Å². The lowest BCUT2D eigenvalue weighted by Crippen LogP contribution is -2.23. The Morgan fingerprint density at radius 2 is 1.92 bits per heavy atom. The quantitative estimate of drug-likeness (QED) is 0.333. The second-order valence-corrected chi connectivity index (χ2v) is 5.68. The molecule has 0 atom stereocenters. The van der Waals surface area contributed by atoms with Crippen LogP contribution in [0.5, 0.6) is 0 Å². The first-order chi connectivity index (χ1) is 12.2. The molecular weight excluding hydrogens is 334 g/mol. The summed E-state index contributed by atoms with van der Waals surface area (Å²) < 4.78 is 0. The second-order valence-electron chi connectivity index (χ2n) is 5.27. The number of para-hydroxylation sites is 1. The van der Waals surface area contributed by atoms with Crippen LogP contribution in [0.25, 0.3) is 10.9 Å². The van der Waals surface area contributed by atoms with Crippen molar-refractivity contribution in [2.45, 2.75) is 0 Å². The number of nitrogens with one attached hydrogen (secondary N) is 3. The van der Waals surface area contributed by atoms with Crippen molar-refractivity contribution in [1.29, 1.82) is 0 Å². The van der Waals surface area contributed by atoms with Gasteiger partial charge >= 0.3 is 0 Å². The number of hydrogen-bond donors (Lipinski definition) is 4. The van der Waals surface area contributed by atoms with E-state index in [1.54, 1.807) is 24.3 Å². The van der Waals surface area contributed by atoms with Crippen LogP contribution < -0.4 is 10.8 Å². The molecule has 1 heterocycles. The molecule has 0 spiro atoms. The van der Waals surface area contributed by atoms with Crippen molar-refractivity contribution in [3.63, 3.8) is 0 Å². The number of aromatic amines is 1. The van der Waals surface area contributed by atoms with Gasteiger partial charge in [0.2, 0.25) is 0 Å². The Balaban J connectivity index is 1.58. The van der Waals surface area contributed by atoms with Crippen LogP contribution in [0.3, 0.4) is 0 Å². The zero-order valence-corrected chi connectivity index (χ0v) is 14.0. The van der Waals surface area contributed by atoms with Gasteiger partial charge in [0.05, 0.1) is 6.54 Å². The number of rotatable bonds is 3. The number of aromatic nitrogens is 1. The van der Waals surface area contributed by atoms with Crippen molar-refractivity contribution in [3.8, 4) is 11.8 Å². The predicted molar refractivity (Wildman–Crippen MR) is 101 cm³/mol. The van der Waals surface area contributed by atoms with Gasteiger partial charge < -0.3 is 10.3 Å². The normalized spacial score (nSPS) is 9.96. The Bertz CT molecular complexity index is 948. The number of fused-ring (bicyclic) bond motifs is 1. The number of hydroxylamine groups is 1. The Labute approximate surface area is 150 Å². The van der Waals surface area contributed by atoms with Gasteiger partial charge in [-0.05, 0) is 24.3 Å². The molecule has 1 aromatic heterocycles. The summed E-state index contributed by atoms with van der Waals surface area (Å²) in [6, 6.07) is 16.7. The van der Waals surface area contributed by atoms with Gasteiger partial charge in [-0.3, -0.25) is 15.5 Å². The van der Waals surface area contributed by atoms with Crippen LogP contribution >= 0.6 is 12.2 Å². The van der Waals surface area contributed by atoms with Crippen molar-refractivity contribution in [3.05, 3.63) is 71.4 Å². The predicted octanol–water partition coefficient (Wildman–Crippen LogP) is 2.60. The van der Waals surface area contributed by atoms with E-state index in [4.69, 9.17) is 17.4 Å². The number of benzene rings is 2. The molecule has 0 aliphatic heterocycles. The maximum absolute atomic E-state index is 12.1. The van der Waals surface area contributed by atoms with Crippen LogP contribution in [0.4, 0.5) is 0 Å². The van der Waals surface area contributed by atoms with E-state index in [2.05, 4.69) is 22.1 Å². The van der Waals surface area contributed by atoms with Gasteiger partial charge in [-0.15, -0.1) is 0 Å². The SMILES string of the molecule is O=C(NCC#Cc1ccc(C(=S)NO)cc1)c1cc2ccccc2[nH]1. The molecule has 0 radical (unpaired) electrons. The molecule has 1 amide bonds. The van der Waals surface area contributed by atoms with E-state index in [9.17, 15) is 4.79 Å². The molecule has 0 aliphatic carbocycles. The number of hydrogen-bond acceptors (Lipinski definition) is 3. The molecule has 6 heteroatoms. The highest BCUT2D eigenvalue weighted by Crippen LogP contribution is 2.14. The number of carbonyl (C=O) groups is 1. The topological polar surface area (TPSA) is 77.2 Å². The van der Waals surface area contributed by atoms with E-state index in [-0.39, 0.29) is 17.4 Å². The smallest absolute Gasteiger partial charge is 0.268 e. The number of H-pyrrole nitrogens is 1. The summed E-state index contributed by atoms with van der Waals surface area (Å²) >= 11 is 4.92. The summed E-state index contributed by atoms with van der Waals surface area (Å²) in [4.78, 5) is 15.5. The van der Waals surface area contributed by atoms with E-state index in [1.807, 2.05) is 35.8 Å². The molecule has 0 unspecified atom stereocenters. The first-order valence-electron chi connectivity index (χ1n) is 7.57. The van der Waals surface area contributed by atoms with Crippen molar-refractivity contribution in [2.75, 3.05) is 6.54 Å². The molecule has 0 saturated heterocycles. The first kappa shape index (κ1) is 16.7. The third-order valence-electron chi connectivity index (χ3n) is 3.59. The van der Waals surface area contributed by atoms with Crippen LogP contribution in [-0.2, 0) is 0 Å². The van der Waals surface area contributed by atoms with Crippen LogP contribution in [0, 0.1) is 11.8 Å². The van der Waals surface area contributed by atoms with E-state index >= 15 is 0 Å². The number of amides is 1. The average Bonchev–Trinajstić information content (AvgIpc) is 3.09. The fourth-order valence-electron chi connectivity index (χ4n) is 2.33. The van der Waals surface area contributed by atoms with E-state index < -0.39 is 0 Å². The van der Waals surface area contributed by atoms with Crippen LogP contribution in [-0.4, -0.2) is 27.6 Å².